The first-order valence-electron chi connectivity index (χ1n) is 9.01. The molecule has 0 spiro atoms. The van der Waals surface area contributed by atoms with Crippen molar-refractivity contribution in [2.45, 2.75) is 69.9 Å². The molecule has 132 valence electrons. The van der Waals surface area contributed by atoms with E-state index in [2.05, 4.69) is 26.8 Å². The predicted molar refractivity (Wildman–Crippen MR) is 95.9 cm³/mol. The van der Waals surface area contributed by atoms with Gasteiger partial charge in [0.15, 0.2) is 8.32 Å². The zero-order chi connectivity index (χ0) is 17.5. The third kappa shape index (κ3) is 2.49. The maximum atomic E-state index is 12.5. The highest BCUT2D eigenvalue weighted by molar-refractivity contribution is 6.73. The summed E-state index contributed by atoms with van der Waals surface area (Å²) in [7, 11) is -0.186. The number of hydrogen-bond acceptors (Lipinski definition) is 4. The molecule has 24 heavy (non-hydrogen) atoms. The van der Waals surface area contributed by atoms with Crippen molar-refractivity contribution in [3.05, 3.63) is 29.3 Å². The van der Waals surface area contributed by atoms with E-state index in [0.717, 1.165) is 35.0 Å². The van der Waals surface area contributed by atoms with Gasteiger partial charge < -0.3 is 13.9 Å². The molecule has 0 radical (unpaired) electrons. The highest BCUT2D eigenvalue weighted by atomic mass is 28.4. The van der Waals surface area contributed by atoms with Gasteiger partial charge in [0.1, 0.15) is 17.5 Å². The highest BCUT2D eigenvalue weighted by Crippen LogP contribution is 2.56. The zero-order valence-electron chi connectivity index (χ0n) is 15.3. The number of methoxy groups -OCH3 is 1. The van der Waals surface area contributed by atoms with Crippen LogP contribution in [0.1, 0.15) is 57.3 Å². The number of rotatable bonds is 6. The van der Waals surface area contributed by atoms with Crippen LogP contribution in [-0.2, 0) is 14.0 Å². The third-order valence-electron chi connectivity index (χ3n) is 6.03. The third-order valence-corrected chi connectivity index (χ3v) is 10.6. The molecule has 1 heterocycles. The molecule has 1 fully saturated rings. The summed E-state index contributed by atoms with van der Waals surface area (Å²) in [6.45, 7) is 8.69. The summed E-state index contributed by atoms with van der Waals surface area (Å²) in [4.78, 5) is 12.5. The predicted octanol–water partition coefficient (Wildman–Crippen LogP) is 4.56. The molecular formula is C19H28O4Si. The molecule has 0 amide bonds. The fraction of sp³-hybridized carbons (Fsp3) is 0.632. The molecule has 1 aromatic carbocycles. The van der Waals surface area contributed by atoms with Crippen LogP contribution in [0.15, 0.2) is 18.2 Å². The van der Waals surface area contributed by atoms with E-state index in [0.29, 0.717) is 6.42 Å². The Bertz CT molecular complexity index is 632. The normalized spacial score (nSPS) is 28.5. The second-order valence-corrected chi connectivity index (χ2v) is 11.9. The van der Waals surface area contributed by atoms with E-state index in [1.54, 1.807) is 7.11 Å². The number of hydrogen-bond donors (Lipinski definition) is 0. The van der Waals surface area contributed by atoms with Gasteiger partial charge in [-0.3, -0.25) is 4.79 Å². The van der Waals surface area contributed by atoms with Gasteiger partial charge in [0, 0.05) is 12.0 Å². The van der Waals surface area contributed by atoms with Crippen LogP contribution >= 0.6 is 0 Å². The minimum atomic E-state index is -1.84. The van der Waals surface area contributed by atoms with Crippen LogP contribution in [-0.4, -0.2) is 27.0 Å². The van der Waals surface area contributed by atoms with Crippen LogP contribution in [0.2, 0.25) is 18.1 Å². The number of carbonyl (C=O) groups is 1. The molecule has 0 unspecified atom stereocenters. The van der Waals surface area contributed by atoms with Crippen LogP contribution in [0.5, 0.6) is 5.75 Å². The lowest BCUT2D eigenvalue weighted by molar-refractivity contribution is -0.155. The van der Waals surface area contributed by atoms with Crippen LogP contribution in [0.25, 0.3) is 0 Å². The fourth-order valence-corrected chi connectivity index (χ4v) is 7.20. The first kappa shape index (κ1) is 17.5. The van der Waals surface area contributed by atoms with E-state index in [-0.39, 0.29) is 18.0 Å². The standard InChI is InChI=1S/C19H28O4Si/c1-6-24(7-2,8-3)23-17-13-10-9-11-15(21-5)16(13)14-12-19(17,4)22-18(14)20/h9-11,14,17H,6-8,12H2,1-5H3/t14-,17+,19+/m0/s1. The van der Waals surface area contributed by atoms with Gasteiger partial charge in [-0.15, -0.1) is 0 Å². The Labute approximate surface area is 145 Å². The van der Waals surface area contributed by atoms with Gasteiger partial charge in [0.05, 0.1) is 13.0 Å². The zero-order valence-corrected chi connectivity index (χ0v) is 16.3. The Hall–Kier alpha value is -1.33. The van der Waals surface area contributed by atoms with Crippen molar-refractivity contribution >= 4 is 14.3 Å². The largest absolute Gasteiger partial charge is 0.496 e. The summed E-state index contributed by atoms with van der Waals surface area (Å²) in [6, 6.07) is 9.21. The topological polar surface area (TPSA) is 44.8 Å². The molecular weight excluding hydrogens is 320 g/mol. The minimum Gasteiger partial charge on any atom is -0.496 e. The summed E-state index contributed by atoms with van der Waals surface area (Å²) in [6.07, 6.45) is 0.475. The van der Waals surface area contributed by atoms with Crippen molar-refractivity contribution in [3.8, 4) is 5.75 Å². The van der Waals surface area contributed by atoms with E-state index < -0.39 is 13.9 Å². The first-order valence-corrected chi connectivity index (χ1v) is 11.5. The molecule has 3 atom stereocenters. The second kappa shape index (κ2) is 6.19. The Kier molecular flexibility index (Phi) is 4.51. The Morgan fingerprint density at radius 3 is 2.50 bits per heavy atom. The van der Waals surface area contributed by atoms with E-state index >= 15 is 0 Å². The quantitative estimate of drug-likeness (QED) is 0.558. The van der Waals surface area contributed by atoms with Gasteiger partial charge in [0.25, 0.3) is 0 Å². The van der Waals surface area contributed by atoms with Crippen molar-refractivity contribution in [1.29, 1.82) is 0 Å². The molecule has 2 aliphatic rings. The van der Waals surface area contributed by atoms with Crippen molar-refractivity contribution in [1.82, 2.24) is 0 Å². The summed E-state index contributed by atoms with van der Waals surface area (Å²) in [5.41, 5.74) is 1.47. The number of fused-ring (bicyclic) bond motifs is 4. The lowest BCUT2D eigenvalue weighted by atomic mass is 9.75. The number of benzene rings is 1. The van der Waals surface area contributed by atoms with Gasteiger partial charge in [-0.05, 0) is 36.7 Å². The van der Waals surface area contributed by atoms with Crippen LogP contribution in [0.4, 0.5) is 0 Å². The Morgan fingerprint density at radius 2 is 1.92 bits per heavy atom. The van der Waals surface area contributed by atoms with E-state index in [1.807, 2.05) is 19.1 Å². The number of carbonyl (C=O) groups excluding carboxylic acids is 1. The lowest BCUT2D eigenvalue weighted by Crippen LogP contribution is -2.45. The molecule has 1 saturated heterocycles. The fourth-order valence-electron chi connectivity index (χ4n) is 4.32. The summed E-state index contributed by atoms with van der Waals surface area (Å²) in [5.74, 6) is 0.386. The van der Waals surface area contributed by atoms with Gasteiger partial charge in [-0.1, -0.05) is 32.9 Å². The molecule has 1 aliphatic heterocycles. The molecule has 1 aliphatic carbocycles. The maximum absolute atomic E-state index is 12.5. The van der Waals surface area contributed by atoms with E-state index in [9.17, 15) is 4.79 Å². The van der Waals surface area contributed by atoms with Crippen LogP contribution in [0, 0.1) is 0 Å². The van der Waals surface area contributed by atoms with Crippen molar-refractivity contribution < 1.29 is 18.7 Å². The number of esters is 1. The lowest BCUT2D eigenvalue weighted by Gasteiger charge is -2.42. The molecule has 5 heteroatoms. The van der Waals surface area contributed by atoms with Gasteiger partial charge in [-0.2, -0.15) is 0 Å². The summed E-state index contributed by atoms with van der Waals surface area (Å²) in [5, 5.41) is 0. The van der Waals surface area contributed by atoms with Crippen LogP contribution in [0.3, 0.4) is 0 Å². The molecule has 0 aromatic heterocycles. The molecule has 0 saturated carbocycles. The summed E-state index contributed by atoms with van der Waals surface area (Å²) >= 11 is 0. The second-order valence-electron chi connectivity index (χ2n) is 7.20. The van der Waals surface area contributed by atoms with Crippen molar-refractivity contribution in [3.63, 3.8) is 0 Å². The number of ether oxygens (including phenoxy) is 2. The Balaban J connectivity index is 2.12. The average molecular weight is 349 g/mol. The van der Waals surface area contributed by atoms with E-state index in [4.69, 9.17) is 13.9 Å². The van der Waals surface area contributed by atoms with Gasteiger partial charge in [-0.25, -0.2) is 0 Å². The van der Waals surface area contributed by atoms with Crippen molar-refractivity contribution in [2.75, 3.05) is 7.11 Å². The molecule has 0 N–H and O–H groups in total. The molecule has 4 nitrogen and oxygen atoms in total. The molecule has 1 aromatic rings. The maximum Gasteiger partial charge on any atom is 0.314 e. The van der Waals surface area contributed by atoms with Gasteiger partial charge >= 0.3 is 5.97 Å². The summed E-state index contributed by atoms with van der Waals surface area (Å²) < 4.78 is 18.2. The smallest absolute Gasteiger partial charge is 0.314 e. The van der Waals surface area contributed by atoms with Crippen molar-refractivity contribution in [2.24, 2.45) is 0 Å². The van der Waals surface area contributed by atoms with Crippen LogP contribution < -0.4 is 4.74 Å². The van der Waals surface area contributed by atoms with E-state index in [1.165, 1.54) is 0 Å². The highest BCUT2D eigenvalue weighted by Gasteiger charge is 2.57. The molecule has 3 rings (SSSR count). The Morgan fingerprint density at radius 1 is 1.25 bits per heavy atom. The first-order chi connectivity index (χ1) is 11.4. The van der Waals surface area contributed by atoms with Gasteiger partial charge in [0.2, 0.25) is 0 Å². The minimum absolute atomic E-state index is 0.147. The monoisotopic (exact) mass is 348 g/mol. The SMILES string of the molecule is CC[Si](CC)(CC)O[C@@H]1c2cccc(OC)c2[C@@H]2C[C@@]1(C)OC2=O. The molecule has 2 bridgehead atoms. The average Bonchev–Trinajstić information content (AvgIpc) is 2.87.